The number of ether oxygens (including phenoxy) is 3. The van der Waals surface area contributed by atoms with Gasteiger partial charge < -0.3 is 14.2 Å². The van der Waals surface area contributed by atoms with Crippen molar-refractivity contribution in [2.45, 2.75) is 4.90 Å². The fourth-order valence-electron chi connectivity index (χ4n) is 3.82. The summed E-state index contributed by atoms with van der Waals surface area (Å²) < 4.78 is 40.7. The van der Waals surface area contributed by atoms with Crippen molar-refractivity contribution < 1.29 is 27.4 Å². The number of halogens is 1. The Morgan fingerprint density at radius 2 is 1.86 bits per heavy atom. The summed E-state index contributed by atoms with van der Waals surface area (Å²) in [6.07, 6.45) is 4.41. The lowest BCUT2D eigenvalue weighted by Gasteiger charge is -2.28. The molecule has 9 nitrogen and oxygen atoms in total. The molecule has 4 rings (SSSR count). The van der Waals surface area contributed by atoms with E-state index in [1.807, 2.05) is 6.07 Å². The zero-order valence-electron chi connectivity index (χ0n) is 20.9. The summed E-state index contributed by atoms with van der Waals surface area (Å²) in [7, 11) is -0.216. The maximum Gasteiger partial charge on any atom is 0.252 e. The van der Waals surface area contributed by atoms with Crippen molar-refractivity contribution in [2.75, 3.05) is 64.8 Å². The van der Waals surface area contributed by atoms with Crippen LogP contribution in [-0.4, -0.2) is 84.1 Å². The smallest absolute Gasteiger partial charge is 0.252 e. The topological polar surface area (TPSA) is 98.3 Å². The van der Waals surface area contributed by atoms with Crippen LogP contribution >= 0.6 is 23.7 Å². The molecule has 1 saturated heterocycles. The lowest BCUT2D eigenvalue weighted by Crippen LogP contribution is -2.42. The van der Waals surface area contributed by atoms with E-state index < -0.39 is 9.84 Å². The number of hydrogen-bond donors (Lipinski definition) is 0. The highest BCUT2D eigenvalue weighted by molar-refractivity contribution is 7.90. The van der Waals surface area contributed by atoms with Crippen LogP contribution in [0.2, 0.25) is 0 Å². The van der Waals surface area contributed by atoms with Crippen LogP contribution in [0, 0.1) is 0 Å². The second kappa shape index (κ2) is 12.7. The van der Waals surface area contributed by atoms with E-state index in [-0.39, 0.29) is 23.2 Å². The van der Waals surface area contributed by atoms with Crippen molar-refractivity contribution in [3.8, 4) is 11.5 Å². The Kier molecular flexibility index (Phi) is 9.91. The summed E-state index contributed by atoms with van der Waals surface area (Å²) in [5.41, 5.74) is 1.44. The summed E-state index contributed by atoms with van der Waals surface area (Å²) in [6, 6.07) is 10.2. The number of benzene rings is 2. The van der Waals surface area contributed by atoms with Gasteiger partial charge in [-0.2, -0.15) is 0 Å². The molecular formula is C25H30ClN3O6S2. The molecule has 1 aromatic heterocycles. The van der Waals surface area contributed by atoms with Gasteiger partial charge in [-0.3, -0.25) is 14.6 Å². The third-order valence-electron chi connectivity index (χ3n) is 5.84. The number of carbonyl (C=O) groups is 1. The molecule has 0 atom stereocenters. The fourth-order valence-corrected chi connectivity index (χ4v) is 5.58. The standard InChI is InChI=1S/C25H29N3O6S2.ClH/c1-32-21-8-4-18(16-22(21)33-2)5-9-24(29)28(11-10-27-12-14-34-15-13-27)25-26-20-7-6-19(36(3,30)31)17-23(20)35-25;/h4-9,16-17H,10-15H2,1-3H3;1H. The van der Waals surface area contributed by atoms with Gasteiger partial charge in [-0.15, -0.1) is 12.4 Å². The zero-order chi connectivity index (χ0) is 25.7. The van der Waals surface area contributed by atoms with Gasteiger partial charge in [-0.25, -0.2) is 13.4 Å². The van der Waals surface area contributed by atoms with Gasteiger partial charge in [-0.1, -0.05) is 17.4 Å². The molecule has 12 heteroatoms. The van der Waals surface area contributed by atoms with Crippen molar-refractivity contribution in [1.29, 1.82) is 0 Å². The van der Waals surface area contributed by atoms with Gasteiger partial charge in [0.1, 0.15) is 0 Å². The first-order valence-electron chi connectivity index (χ1n) is 11.4. The highest BCUT2D eigenvalue weighted by Crippen LogP contribution is 2.31. The molecule has 0 bridgehead atoms. The Hall–Kier alpha value is -2.70. The molecule has 37 heavy (non-hydrogen) atoms. The molecule has 2 aromatic carbocycles. The summed E-state index contributed by atoms with van der Waals surface area (Å²) >= 11 is 1.30. The van der Waals surface area contributed by atoms with Crippen molar-refractivity contribution in [3.05, 3.63) is 48.0 Å². The van der Waals surface area contributed by atoms with Crippen LogP contribution < -0.4 is 14.4 Å². The second-order valence-corrected chi connectivity index (χ2v) is 11.3. The molecule has 1 aliphatic heterocycles. The normalized spacial score (nSPS) is 14.5. The number of sulfone groups is 1. The molecule has 0 saturated carbocycles. The van der Waals surface area contributed by atoms with Crippen LogP contribution in [-0.2, 0) is 19.4 Å². The molecule has 1 aliphatic rings. The summed E-state index contributed by atoms with van der Waals surface area (Å²) in [5.74, 6) is 0.959. The monoisotopic (exact) mass is 567 g/mol. The lowest BCUT2D eigenvalue weighted by atomic mass is 10.2. The largest absolute Gasteiger partial charge is 0.493 e. The Balaban J connectivity index is 0.00000380. The predicted molar refractivity (Wildman–Crippen MR) is 148 cm³/mol. The maximum absolute atomic E-state index is 13.4. The highest BCUT2D eigenvalue weighted by atomic mass is 35.5. The quantitative estimate of drug-likeness (QED) is 0.362. The summed E-state index contributed by atoms with van der Waals surface area (Å²) in [6.45, 7) is 4.06. The van der Waals surface area contributed by atoms with Gasteiger partial charge in [0.05, 0.1) is 42.5 Å². The number of hydrogen-bond acceptors (Lipinski definition) is 9. The third kappa shape index (κ3) is 7.20. The molecular weight excluding hydrogens is 538 g/mol. The minimum absolute atomic E-state index is 0. The van der Waals surface area contributed by atoms with Gasteiger partial charge >= 0.3 is 0 Å². The number of anilines is 1. The average molecular weight is 568 g/mol. The molecule has 0 radical (unpaired) electrons. The van der Waals surface area contributed by atoms with Crippen molar-refractivity contribution in [2.24, 2.45) is 0 Å². The van der Waals surface area contributed by atoms with E-state index in [4.69, 9.17) is 14.2 Å². The molecule has 2 heterocycles. The summed E-state index contributed by atoms with van der Waals surface area (Å²) in [4.78, 5) is 22.1. The number of aromatic nitrogens is 1. The second-order valence-electron chi connectivity index (χ2n) is 8.29. The minimum atomic E-state index is -3.35. The van der Waals surface area contributed by atoms with E-state index in [0.717, 1.165) is 18.7 Å². The van der Waals surface area contributed by atoms with Crippen molar-refractivity contribution in [1.82, 2.24) is 9.88 Å². The minimum Gasteiger partial charge on any atom is -0.493 e. The van der Waals surface area contributed by atoms with Gasteiger partial charge in [-0.05, 0) is 42.0 Å². The molecule has 3 aromatic rings. The Morgan fingerprint density at radius 1 is 1.14 bits per heavy atom. The summed E-state index contributed by atoms with van der Waals surface area (Å²) in [5, 5.41) is 0.519. The van der Waals surface area contributed by atoms with Crippen LogP contribution in [0.15, 0.2) is 47.4 Å². The van der Waals surface area contributed by atoms with Crippen LogP contribution in [0.4, 0.5) is 5.13 Å². The van der Waals surface area contributed by atoms with Crippen LogP contribution in [0.1, 0.15) is 5.56 Å². The van der Waals surface area contributed by atoms with Crippen LogP contribution in [0.25, 0.3) is 16.3 Å². The Bertz CT molecular complexity index is 1370. The van der Waals surface area contributed by atoms with Crippen molar-refractivity contribution >= 4 is 60.9 Å². The van der Waals surface area contributed by atoms with Gasteiger partial charge in [0.25, 0.3) is 5.91 Å². The molecule has 0 aliphatic carbocycles. The lowest BCUT2D eigenvalue weighted by molar-refractivity contribution is -0.114. The Morgan fingerprint density at radius 3 is 2.54 bits per heavy atom. The van der Waals surface area contributed by atoms with Gasteiger partial charge in [0.2, 0.25) is 0 Å². The maximum atomic E-state index is 13.4. The molecule has 1 fully saturated rings. The first kappa shape index (κ1) is 28.9. The van der Waals surface area contributed by atoms with Gasteiger partial charge in [0, 0.05) is 38.5 Å². The third-order valence-corrected chi connectivity index (χ3v) is 7.99. The Labute approximate surface area is 227 Å². The molecule has 1 amide bonds. The number of morpholine rings is 1. The SMILES string of the molecule is COc1ccc(C=CC(=O)N(CCN2CCOCC2)c2nc3ccc(S(C)(=O)=O)cc3s2)cc1OC.Cl. The van der Waals surface area contributed by atoms with Crippen molar-refractivity contribution in [3.63, 3.8) is 0 Å². The molecule has 0 spiro atoms. The van der Waals surface area contributed by atoms with E-state index in [9.17, 15) is 13.2 Å². The number of rotatable bonds is 9. The van der Waals surface area contributed by atoms with E-state index in [0.29, 0.717) is 53.2 Å². The van der Waals surface area contributed by atoms with E-state index in [2.05, 4.69) is 9.88 Å². The van der Waals surface area contributed by atoms with E-state index in [1.165, 1.54) is 29.7 Å². The molecule has 0 unspecified atom stereocenters. The zero-order valence-corrected chi connectivity index (χ0v) is 23.3. The number of methoxy groups -OCH3 is 2. The highest BCUT2D eigenvalue weighted by Gasteiger charge is 2.21. The first-order chi connectivity index (χ1) is 17.3. The number of thiazole rings is 1. The number of carbonyl (C=O) groups excluding carboxylic acids is 1. The molecule has 0 N–H and O–H groups in total. The molecule has 200 valence electrons. The van der Waals surface area contributed by atoms with E-state index >= 15 is 0 Å². The van der Waals surface area contributed by atoms with Crippen LogP contribution in [0.5, 0.6) is 11.5 Å². The number of nitrogens with zero attached hydrogens (tertiary/aromatic N) is 3. The fraction of sp³-hybridized carbons (Fsp3) is 0.360. The van der Waals surface area contributed by atoms with Crippen LogP contribution in [0.3, 0.4) is 0 Å². The van der Waals surface area contributed by atoms with E-state index in [1.54, 1.807) is 49.5 Å². The first-order valence-corrected chi connectivity index (χ1v) is 14.1. The predicted octanol–water partition coefficient (Wildman–Crippen LogP) is 3.52. The number of fused-ring (bicyclic) bond motifs is 1. The average Bonchev–Trinajstić information content (AvgIpc) is 3.30. The number of amides is 1. The van der Waals surface area contributed by atoms with Gasteiger partial charge in [0.15, 0.2) is 26.5 Å².